The van der Waals surface area contributed by atoms with Crippen molar-refractivity contribution in [1.82, 2.24) is 24.3 Å². The summed E-state index contributed by atoms with van der Waals surface area (Å²) in [5.41, 5.74) is 5.90. The largest absolute Gasteiger partial charge is 0.369 e. The molecule has 0 unspecified atom stereocenters. The lowest BCUT2D eigenvalue weighted by Crippen LogP contribution is -2.44. The molecule has 1 saturated heterocycles. The molecule has 0 spiro atoms. The number of halogens is 1. The van der Waals surface area contributed by atoms with E-state index in [1.165, 1.54) is 11.3 Å². The van der Waals surface area contributed by atoms with Crippen molar-refractivity contribution in [1.29, 1.82) is 0 Å². The van der Waals surface area contributed by atoms with Gasteiger partial charge in [0.1, 0.15) is 5.02 Å². The maximum absolute atomic E-state index is 11.8. The molecular weight excluding hydrogens is 524 g/mol. The number of likely N-dealkylation sites (N-methyl/N-ethyl adjacent to an activating group) is 1. The first-order valence-electron chi connectivity index (χ1n) is 12.6. The zero-order valence-corrected chi connectivity index (χ0v) is 23.7. The SMILES string of the molecule is CCNS(=O)(=O)NCc1ccc(Nc2nc(Nc3ccc(N4CCN(C)CC4)c(C)c3)ncc2Cl)c(C)c1. The van der Waals surface area contributed by atoms with Crippen LogP contribution in [-0.4, -0.2) is 63.1 Å². The number of rotatable bonds is 10. The van der Waals surface area contributed by atoms with Gasteiger partial charge in [-0.2, -0.15) is 18.1 Å². The van der Waals surface area contributed by atoms with Crippen LogP contribution in [0.2, 0.25) is 5.02 Å². The number of piperazine rings is 1. The van der Waals surface area contributed by atoms with Gasteiger partial charge in [-0.3, -0.25) is 0 Å². The quantitative estimate of drug-likeness (QED) is 0.296. The molecule has 12 heteroatoms. The molecule has 2 aromatic carbocycles. The van der Waals surface area contributed by atoms with E-state index in [0.29, 0.717) is 23.3 Å². The summed E-state index contributed by atoms with van der Waals surface area (Å²) in [4.78, 5) is 13.7. The highest BCUT2D eigenvalue weighted by molar-refractivity contribution is 7.87. The van der Waals surface area contributed by atoms with Crippen LogP contribution in [0.5, 0.6) is 0 Å². The van der Waals surface area contributed by atoms with Crippen LogP contribution < -0.4 is 25.0 Å². The van der Waals surface area contributed by atoms with Gasteiger partial charge in [0.25, 0.3) is 10.2 Å². The standard InChI is InChI=1S/C26H35ClN8O2S/c1-5-29-38(36,37)30-16-20-6-8-23(18(2)14-20)32-25-22(27)17-28-26(33-25)31-21-7-9-24(19(3)15-21)35-12-10-34(4)11-13-35/h6-9,14-15,17,29-30H,5,10-13,16H2,1-4H3,(H2,28,31,32,33). The lowest BCUT2D eigenvalue weighted by atomic mass is 10.1. The third kappa shape index (κ3) is 7.33. The van der Waals surface area contributed by atoms with E-state index in [1.807, 2.05) is 31.2 Å². The molecule has 0 bridgehead atoms. The molecule has 1 aliphatic rings. The minimum atomic E-state index is -3.51. The van der Waals surface area contributed by atoms with Crippen molar-refractivity contribution in [3.8, 4) is 0 Å². The van der Waals surface area contributed by atoms with Gasteiger partial charge in [-0.05, 0) is 61.9 Å². The van der Waals surface area contributed by atoms with Crippen molar-refractivity contribution >= 4 is 50.6 Å². The van der Waals surface area contributed by atoms with Gasteiger partial charge in [-0.1, -0.05) is 30.7 Å². The Balaban J connectivity index is 1.43. The molecule has 38 heavy (non-hydrogen) atoms. The molecule has 204 valence electrons. The maximum Gasteiger partial charge on any atom is 0.277 e. The van der Waals surface area contributed by atoms with Crippen molar-refractivity contribution in [3.63, 3.8) is 0 Å². The molecule has 0 amide bonds. The first kappa shape index (κ1) is 28.1. The predicted molar refractivity (Wildman–Crippen MR) is 155 cm³/mol. The third-order valence-electron chi connectivity index (χ3n) is 6.39. The van der Waals surface area contributed by atoms with Gasteiger partial charge in [0, 0.05) is 56.3 Å². The smallest absolute Gasteiger partial charge is 0.277 e. The van der Waals surface area contributed by atoms with E-state index in [0.717, 1.165) is 48.7 Å². The Morgan fingerprint density at radius 1 is 0.974 bits per heavy atom. The molecule has 0 atom stereocenters. The van der Waals surface area contributed by atoms with E-state index in [9.17, 15) is 8.42 Å². The molecule has 4 N–H and O–H groups in total. The Morgan fingerprint density at radius 3 is 2.42 bits per heavy atom. The van der Waals surface area contributed by atoms with Gasteiger partial charge in [0.05, 0.1) is 6.20 Å². The highest BCUT2D eigenvalue weighted by atomic mass is 35.5. The van der Waals surface area contributed by atoms with Gasteiger partial charge in [-0.25, -0.2) is 9.71 Å². The van der Waals surface area contributed by atoms with Crippen LogP contribution in [0.1, 0.15) is 23.6 Å². The van der Waals surface area contributed by atoms with Gasteiger partial charge < -0.3 is 20.4 Å². The highest BCUT2D eigenvalue weighted by Gasteiger charge is 2.16. The summed E-state index contributed by atoms with van der Waals surface area (Å²) in [5, 5.41) is 6.94. The van der Waals surface area contributed by atoms with Gasteiger partial charge in [0.2, 0.25) is 5.95 Å². The Labute approximate surface area is 230 Å². The second-order valence-corrected chi connectivity index (χ2v) is 11.4. The maximum atomic E-state index is 11.8. The molecule has 1 aromatic heterocycles. The van der Waals surface area contributed by atoms with Gasteiger partial charge in [-0.15, -0.1) is 0 Å². The number of aromatic nitrogens is 2. The van der Waals surface area contributed by atoms with Crippen LogP contribution in [0.15, 0.2) is 42.6 Å². The number of benzene rings is 2. The molecule has 2 heterocycles. The van der Waals surface area contributed by atoms with Crippen molar-refractivity contribution in [2.45, 2.75) is 27.3 Å². The zero-order valence-electron chi connectivity index (χ0n) is 22.2. The minimum Gasteiger partial charge on any atom is -0.369 e. The van der Waals surface area contributed by atoms with Crippen LogP contribution >= 0.6 is 11.6 Å². The molecule has 4 rings (SSSR count). The second-order valence-electron chi connectivity index (χ2n) is 9.40. The summed E-state index contributed by atoms with van der Waals surface area (Å²) >= 11 is 6.40. The lowest BCUT2D eigenvalue weighted by molar-refractivity contribution is 0.312. The number of hydrogen-bond acceptors (Lipinski definition) is 8. The van der Waals surface area contributed by atoms with Crippen LogP contribution in [0.4, 0.5) is 28.8 Å². The number of hydrogen-bond donors (Lipinski definition) is 4. The summed E-state index contributed by atoms with van der Waals surface area (Å²) in [7, 11) is -1.36. The first-order chi connectivity index (χ1) is 18.1. The second kappa shape index (κ2) is 12.3. The Kier molecular flexibility index (Phi) is 9.06. The fraction of sp³-hybridized carbons (Fsp3) is 0.385. The van der Waals surface area contributed by atoms with Crippen molar-refractivity contribution in [2.75, 3.05) is 55.3 Å². The fourth-order valence-electron chi connectivity index (χ4n) is 4.30. The minimum absolute atomic E-state index is 0.186. The van der Waals surface area contributed by atoms with Crippen molar-refractivity contribution in [3.05, 3.63) is 64.3 Å². The normalized spacial score (nSPS) is 14.5. The summed E-state index contributed by atoms with van der Waals surface area (Å²) in [6, 6.07) is 11.9. The van der Waals surface area contributed by atoms with E-state index >= 15 is 0 Å². The average molecular weight is 559 g/mol. The van der Waals surface area contributed by atoms with Gasteiger partial charge in [0.15, 0.2) is 5.82 Å². The predicted octanol–water partition coefficient (Wildman–Crippen LogP) is 3.93. The Hall–Kier alpha value is -2.96. The van der Waals surface area contributed by atoms with E-state index in [2.05, 4.69) is 65.9 Å². The number of anilines is 5. The average Bonchev–Trinajstić information content (AvgIpc) is 2.87. The van der Waals surface area contributed by atoms with Crippen LogP contribution in [0.25, 0.3) is 0 Å². The number of nitrogens with one attached hydrogen (secondary N) is 4. The molecular formula is C26H35ClN8O2S. The Morgan fingerprint density at radius 2 is 1.74 bits per heavy atom. The van der Waals surface area contributed by atoms with E-state index in [4.69, 9.17) is 11.6 Å². The van der Waals surface area contributed by atoms with Crippen LogP contribution in [0, 0.1) is 13.8 Å². The highest BCUT2D eigenvalue weighted by Crippen LogP contribution is 2.29. The molecule has 1 fully saturated rings. The molecule has 1 aliphatic heterocycles. The lowest BCUT2D eigenvalue weighted by Gasteiger charge is -2.35. The van der Waals surface area contributed by atoms with E-state index in [1.54, 1.807) is 13.1 Å². The summed E-state index contributed by atoms with van der Waals surface area (Å²) < 4.78 is 28.6. The third-order valence-corrected chi connectivity index (χ3v) is 7.86. The monoisotopic (exact) mass is 558 g/mol. The van der Waals surface area contributed by atoms with Crippen LogP contribution in [-0.2, 0) is 16.8 Å². The fourth-order valence-corrected chi connectivity index (χ4v) is 5.28. The molecule has 0 saturated carbocycles. The molecule has 0 aliphatic carbocycles. The summed E-state index contributed by atoms with van der Waals surface area (Å²) in [5.74, 6) is 0.898. The Bertz CT molecular complexity index is 1380. The molecule has 10 nitrogen and oxygen atoms in total. The molecule has 3 aromatic rings. The zero-order chi connectivity index (χ0) is 27.3. The van der Waals surface area contributed by atoms with E-state index < -0.39 is 10.2 Å². The van der Waals surface area contributed by atoms with Crippen molar-refractivity contribution in [2.24, 2.45) is 0 Å². The van der Waals surface area contributed by atoms with E-state index in [-0.39, 0.29) is 6.54 Å². The summed E-state index contributed by atoms with van der Waals surface area (Å²) in [6.07, 6.45) is 1.56. The number of aryl methyl sites for hydroxylation is 2. The van der Waals surface area contributed by atoms with Crippen LogP contribution in [0.3, 0.4) is 0 Å². The van der Waals surface area contributed by atoms with Gasteiger partial charge >= 0.3 is 0 Å². The first-order valence-corrected chi connectivity index (χ1v) is 14.4. The number of nitrogens with zero attached hydrogens (tertiary/aromatic N) is 4. The summed E-state index contributed by atoms with van der Waals surface area (Å²) in [6.45, 7) is 10.5. The van der Waals surface area contributed by atoms with Crippen molar-refractivity contribution < 1.29 is 8.42 Å². The topological polar surface area (TPSA) is 115 Å². The molecule has 0 radical (unpaired) electrons.